The number of hydrogen-bond donors (Lipinski definition) is 2. The number of benzene rings is 4. The third-order valence-electron chi connectivity index (χ3n) is 9.32. The van der Waals surface area contributed by atoms with Gasteiger partial charge >= 0.3 is 15.2 Å². The van der Waals surface area contributed by atoms with Gasteiger partial charge in [-0.3, -0.25) is 9.13 Å². The van der Waals surface area contributed by atoms with Crippen LogP contribution >= 0.6 is 37.0 Å². The van der Waals surface area contributed by atoms with Crippen molar-refractivity contribution in [2.24, 2.45) is 0 Å². The fraction of sp³-hybridized carbons (Fsp3) is 0.467. The van der Waals surface area contributed by atoms with Crippen LogP contribution in [0.25, 0.3) is 0 Å². The molecule has 0 aliphatic heterocycles. The van der Waals surface area contributed by atoms with Gasteiger partial charge in [0.15, 0.2) is 0 Å². The Balaban J connectivity index is 0.000000342. The molecule has 2 N–H and O–H groups in total. The topological polar surface area (TPSA) is 93.1 Å². The van der Waals surface area contributed by atoms with Gasteiger partial charge in [-0.1, -0.05) is 157 Å². The third kappa shape index (κ3) is 20.4. The van der Waals surface area contributed by atoms with Crippen LogP contribution in [0.2, 0.25) is 19.6 Å². The Morgan fingerprint density at radius 2 is 0.891 bits per heavy atom. The van der Waals surface area contributed by atoms with Gasteiger partial charge in [-0.05, 0) is 96.6 Å². The summed E-state index contributed by atoms with van der Waals surface area (Å²) in [7, 11) is -7.05. The molecule has 4 atom stereocenters. The monoisotopic (exact) mass is 920 g/mol. The Kier molecular flexibility index (Phi) is 22.2. The van der Waals surface area contributed by atoms with Gasteiger partial charge in [0, 0.05) is 0 Å². The lowest BCUT2D eigenvalue weighted by Crippen LogP contribution is -2.05. The fourth-order valence-corrected chi connectivity index (χ4v) is 8.93. The zero-order chi connectivity index (χ0) is 41.1. The summed E-state index contributed by atoms with van der Waals surface area (Å²) < 4.78 is 34.6. The van der Waals surface area contributed by atoms with E-state index in [9.17, 15) is 9.13 Å². The summed E-state index contributed by atoms with van der Waals surface area (Å²) in [6.45, 7) is 20.4. The van der Waals surface area contributed by atoms with Gasteiger partial charge in [-0.25, -0.2) is 0 Å². The van der Waals surface area contributed by atoms with E-state index in [0.29, 0.717) is 48.6 Å². The van der Waals surface area contributed by atoms with Crippen molar-refractivity contribution in [1.29, 1.82) is 0 Å². The Labute approximate surface area is 347 Å². The molecule has 4 unspecified atom stereocenters. The Morgan fingerprint density at radius 1 is 0.564 bits per heavy atom. The van der Waals surface area contributed by atoms with Gasteiger partial charge in [0.2, 0.25) is 0 Å². The molecule has 0 spiro atoms. The predicted molar refractivity (Wildman–Crippen MR) is 246 cm³/mol. The first-order valence-electron chi connectivity index (χ1n) is 19.8. The third-order valence-corrected chi connectivity index (χ3v) is 12.2. The molecule has 0 fully saturated rings. The summed E-state index contributed by atoms with van der Waals surface area (Å²) in [6, 6.07) is 37.4. The van der Waals surface area contributed by atoms with Crippen molar-refractivity contribution >= 4 is 42.6 Å². The van der Waals surface area contributed by atoms with Crippen LogP contribution in [-0.4, -0.2) is 28.6 Å². The van der Waals surface area contributed by atoms with E-state index in [0.717, 1.165) is 31.2 Å². The van der Waals surface area contributed by atoms with E-state index in [2.05, 4.69) is 148 Å². The molecule has 0 heterocycles. The summed E-state index contributed by atoms with van der Waals surface area (Å²) in [5.74, 6) is 1.97. The Hall–Kier alpha value is -1.87. The smallest absolute Gasteiger partial charge is 0.324 e. The van der Waals surface area contributed by atoms with Crippen LogP contribution in [0.1, 0.15) is 124 Å². The van der Waals surface area contributed by atoms with Gasteiger partial charge in [0.1, 0.15) is 5.57 Å². The highest BCUT2D eigenvalue weighted by atomic mass is 127. The molecular formula is C45H67IO6P2Si. The van der Waals surface area contributed by atoms with Crippen LogP contribution in [0.4, 0.5) is 0 Å². The van der Waals surface area contributed by atoms with E-state index < -0.39 is 20.8 Å². The number of rotatable bonds is 18. The lowest BCUT2D eigenvalue weighted by Gasteiger charge is -2.21. The minimum atomic E-state index is -4.00. The van der Waals surface area contributed by atoms with E-state index in [1.165, 1.54) is 22.3 Å². The largest absolute Gasteiger partial charge is 0.335 e. The molecule has 0 radical (unpaired) electrons. The second kappa shape index (κ2) is 24.8. The quantitative estimate of drug-likeness (QED) is 0.0447. The zero-order valence-electron chi connectivity index (χ0n) is 34.7. The van der Waals surface area contributed by atoms with Gasteiger partial charge in [0.25, 0.3) is 0 Å². The standard InChI is InChI=1S/C23H33O3P.C19H25O3P.C3H9ISi/c1-5-21(17-19(4)22-11-9-8-10-12-22)23-15-13-20(14-16-23)18-27(24,25-6-2)26-7-3;1-3-17(13-15(2)18-7-5-4-6-8-18)19-11-9-16(10-12-19)14-23(20,21)22;1-5(2,3)4/h8-16,19,21H,5-7,17-18H2,1-4H3;4-12,15,17H,3,13-14H2,1-2H3,(H2,20,21,22);1-3H3. The van der Waals surface area contributed by atoms with Gasteiger partial charge in [-0.2, -0.15) is 0 Å². The van der Waals surface area contributed by atoms with Crippen molar-refractivity contribution in [1.82, 2.24) is 0 Å². The van der Waals surface area contributed by atoms with Crippen molar-refractivity contribution < 1.29 is 28.0 Å². The van der Waals surface area contributed by atoms with E-state index >= 15 is 0 Å². The molecule has 304 valence electrons. The molecule has 55 heavy (non-hydrogen) atoms. The van der Waals surface area contributed by atoms with Crippen molar-refractivity contribution in [3.8, 4) is 0 Å². The molecule has 0 aliphatic rings. The lowest BCUT2D eigenvalue weighted by atomic mass is 9.84. The molecule has 4 rings (SSSR count). The predicted octanol–water partition coefficient (Wildman–Crippen LogP) is 14.4. The van der Waals surface area contributed by atoms with Crippen molar-refractivity contribution in [2.75, 3.05) is 13.2 Å². The second-order valence-electron chi connectivity index (χ2n) is 15.3. The molecule has 4 aromatic carbocycles. The molecule has 0 saturated heterocycles. The molecule has 0 saturated carbocycles. The average Bonchev–Trinajstić information content (AvgIpc) is 3.13. The van der Waals surface area contributed by atoms with Crippen molar-refractivity contribution in [3.05, 3.63) is 143 Å². The minimum Gasteiger partial charge on any atom is -0.324 e. The van der Waals surface area contributed by atoms with Crippen LogP contribution in [0.5, 0.6) is 0 Å². The SMILES string of the molecule is CCC(CC(C)c1ccccc1)c1ccc(CP(=O)(O)O)cc1.CCOP(=O)(Cc1ccc(C(CC)CC(C)c2ccccc2)cc1)OCC.C[Si](C)(C)I. The van der Waals surface area contributed by atoms with E-state index in [1.807, 2.05) is 44.2 Å². The fourth-order valence-electron chi connectivity index (χ4n) is 6.54. The lowest BCUT2D eigenvalue weighted by molar-refractivity contribution is 0.219. The van der Waals surface area contributed by atoms with Crippen molar-refractivity contribution in [2.45, 2.75) is 123 Å². The number of halogens is 1. The first-order chi connectivity index (χ1) is 25.9. The van der Waals surface area contributed by atoms with Crippen LogP contribution in [0.15, 0.2) is 109 Å². The van der Waals surface area contributed by atoms with Crippen LogP contribution < -0.4 is 0 Å². The zero-order valence-corrected chi connectivity index (χ0v) is 39.6. The number of hydrogen-bond acceptors (Lipinski definition) is 4. The Bertz CT molecular complexity index is 1690. The van der Waals surface area contributed by atoms with Gasteiger partial charge in [-0.15, -0.1) is 21.8 Å². The molecule has 0 aromatic heterocycles. The highest BCUT2D eigenvalue weighted by molar-refractivity contribution is 14.1. The van der Waals surface area contributed by atoms with Crippen LogP contribution in [0.3, 0.4) is 0 Å². The Morgan fingerprint density at radius 3 is 1.18 bits per heavy atom. The first kappa shape index (κ1) is 49.3. The summed E-state index contributed by atoms with van der Waals surface area (Å²) in [6.07, 6.45) is 4.48. The summed E-state index contributed by atoms with van der Waals surface area (Å²) in [5.41, 5.74) is 6.36. The van der Waals surface area contributed by atoms with E-state index in [4.69, 9.17) is 18.8 Å². The maximum Gasteiger partial charge on any atom is 0.335 e. The van der Waals surface area contributed by atoms with E-state index in [-0.39, 0.29) is 6.16 Å². The molecular weight excluding hydrogens is 853 g/mol. The van der Waals surface area contributed by atoms with Crippen molar-refractivity contribution in [3.63, 3.8) is 0 Å². The first-order valence-corrected chi connectivity index (χ1v) is 29.9. The summed E-state index contributed by atoms with van der Waals surface area (Å²) in [5, 5.41) is 0. The maximum absolute atomic E-state index is 12.7. The molecule has 0 bridgehead atoms. The van der Waals surface area contributed by atoms with Crippen LogP contribution in [0, 0.1) is 0 Å². The normalized spacial score (nSPS) is 14.0. The molecule has 0 aliphatic carbocycles. The highest BCUT2D eigenvalue weighted by Crippen LogP contribution is 2.51. The van der Waals surface area contributed by atoms with Gasteiger partial charge in [0.05, 0.1) is 25.5 Å². The molecule has 10 heteroatoms. The maximum atomic E-state index is 12.7. The van der Waals surface area contributed by atoms with Gasteiger partial charge < -0.3 is 18.8 Å². The summed E-state index contributed by atoms with van der Waals surface area (Å²) in [4.78, 5) is 18.1. The average molecular weight is 921 g/mol. The van der Waals surface area contributed by atoms with E-state index in [1.54, 1.807) is 0 Å². The molecule has 6 nitrogen and oxygen atoms in total. The summed E-state index contributed by atoms with van der Waals surface area (Å²) >= 11 is 2.52. The highest BCUT2D eigenvalue weighted by Gasteiger charge is 2.24. The molecule has 0 amide bonds. The minimum absolute atomic E-state index is 0.190. The molecule has 4 aromatic rings. The van der Waals surface area contributed by atoms with Crippen LogP contribution in [-0.2, 0) is 30.5 Å². The second-order valence-corrected chi connectivity index (χ2v) is 32.8.